The normalized spacial score (nSPS) is 16.1. The van der Waals surface area contributed by atoms with E-state index in [2.05, 4.69) is 0 Å². The van der Waals surface area contributed by atoms with Gasteiger partial charge >= 0.3 is 5.97 Å². The van der Waals surface area contributed by atoms with E-state index in [4.69, 9.17) is 5.11 Å². The van der Waals surface area contributed by atoms with Crippen LogP contribution in [-0.4, -0.2) is 35.0 Å². The predicted octanol–water partition coefficient (Wildman–Crippen LogP) is 2.79. The first-order valence-electron chi connectivity index (χ1n) is 6.70. The Morgan fingerprint density at radius 3 is 2.26 bits per heavy atom. The number of benzene rings is 1. The summed E-state index contributed by atoms with van der Waals surface area (Å²) in [6.45, 7) is 0. The van der Waals surface area contributed by atoms with E-state index in [1.807, 2.05) is 0 Å². The van der Waals surface area contributed by atoms with E-state index in [0.29, 0.717) is 0 Å². The lowest BCUT2D eigenvalue weighted by molar-refractivity contribution is 0.0654. The van der Waals surface area contributed by atoms with Crippen molar-refractivity contribution >= 4 is 11.9 Å². The van der Waals surface area contributed by atoms with Crippen LogP contribution in [0.4, 0.5) is 0 Å². The van der Waals surface area contributed by atoms with E-state index < -0.39 is 5.97 Å². The van der Waals surface area contributed by atoms with Crippen LogP contribution >= 0.6 is 0 Å². The van der Waals surface area contributed by atoms with Gasteiger partial charge in [-0.05, 0) is 25.0 Å². The molecule has 0 atom stereocenters. The number of hydrogen-bond donors (Lipinski definition) is 1. The molecule has 0 aromatic heterocycles. The number of nitrogens with zero attached hydrogens (tertiary/aromatic N) is 1. The summed E-state index contributed by atoms with van der Waals surface area (Å²) in [6, 6.07) is 6.65. The molecule has 102 valence electrons. The molecule has 0 saturated heterocycles. The molecule has 4 heteroatoms. The Bertz CT molecular complexity index is 478. The van der Waals surface area contributed by atoms with Crippen molar-refractivity contribution in [2.75, 3.05) is 7.05 Å². The molecule has 0 aliphatic heterocycles. The average Bonchev–Trinajstić information content (AvgIpc) is 2.46. The largest absolute Gasteiger partial charge is 0.478 e. The molecule has 1 aromatic rings. The van der Waals surface area contributed by atoms with Crippen molar-refractivity contribution in [3.8, 4) is 0 Å². The predicted molar refractivity (Wildman–Crippen MR) is 72.4 cm³/mol. The van der Waals surface area contributed by atoms with Gasteiger partial charge in [0.15, 0.2) is 0 Å². The number of rotatable bonds is 3. The average molecular weight is 261 g/mol. The zero-order chi connectivity index (χ0) is 13.8. The highest BCUT2D eigenvalue weighted by molar-refractivity contribution is 6.04. The maximum Gasteiger partial charge on any atom is 0.336 e. The number of carbonyl (C=O) groups is 2. The van der Waals surface area contributed by atoms with Crippen molar-refractivity contribution in [3.05, 3.63) is 35.4 Å². The fraction of sp³-hybridized carbons (Fsp3) is 0.467. The summed E-state index contributed by atoms with van der Waals surface area (Å²) >= 11 is 0. The standard InChI is InChI=1S/C15H19NO3/c1-16(11-7-3-2-4-8-11)14(17)12-9-5-6-10-13(12)15(18)19/h5-6,9-11H,2-4,7-8H2,1H3,(H,18,19). The highest BCUT2D eigenvalue weighted by Gasteiger charge is 2.25. The van der Waals surface area contributed by atoms with Gasteiger partial charge in [0, 0.05) is 13.1 Å². The van der Waals surface area contributed by atoms with E-state index in [1.54, 1.807) is 30.1 Å². The zero-order valence-electron chi connectivity index (χ0n) is 11.1. The SMILES string of the molecule is CN(C(=O)c1ccccc1C(=O)O)C1CCCCC1. The van der Waals surface area contributed by atoms with Gasteiger partial charge in [-0.3, -0.25) is 4.79 Å². The zero-order valence-corrected chi connectivity index (χ0v) is 11.1. The van der Waals surface area contributed by atoms with Gasteiger partial charge in [-0.25, -0.2) is 4.79 Å². The molecular weight excluding hydrogens is 242 g/mol. The summed E-state index contributed by atoms with van der Waals surface area (Å²) in [6.07, 6.45) is 5.53. The van der Waals surface area contributed by atoms with Crippen LogP contribution in [0.2, 0.25) is 0 Å². The molecule has 1 saturated carbocycles. The minimum atomic E-state index is -1.05. The Morgan fingerprint density at radius 2 is 1.68 bits per heavy atom. The third kappa shape index (κ3) is 2.95. The van der Waals surface area contributed by atoms with Crippen LogP contribution in [0.3, 0.4) is 0 Å². The molecule has 1 aliphatic rings. The Hall–Kier alpha value is -1.84. The van der Waals surface area contributed by atoms with Gasteiger partial charge in [0.25, 0.3) is 5.91 Å². The van der Waals surface area contributed by atoms with Crippen LogP contribution in [0.25, 0.3) is 0 Å². The van der Waals surface area contributed by atoms with Crippen LogP contribution in [0, 0.1) is 0 Å². The van der Waals surface area contributed by atoms with Crippen molar-refractivity contribution in [2.24, 2.45) is 0 Å². The molecule has 0 bridgehead atoms. The number of carboxylic acid groups (broad SMARTS) is 1. The van der Waals surface area contributed by atoms with Crippen molar-refractivity contribution in [3.63, 3.8) is 0 Å². The first kappa shape index (κ1) is 13.6. The molecule has 1 fully saturated rings. The molecule has 2 rings (SSSR count). The van der Waals surface area contributed by atoms with Crippen LogP contribution in [-0.2, 0) is 0 Å². The van der Waals surface area contributed by atoms with Crippen LogP contribution < -0.4 is 0 Å². The molecule has 1 aliphatic carbocycles. The number of carboxylic acids is 1. The summed E-state index contributed by atoms with van der Waals surface area (Å²) < 4.78 is 0. The molecule has 1 N–H and O–H groups in total. The third-order valence-corrected chi connectivity index (χ3v) is 3.83. The lowest BCUT2D eigenvalue weighted by Gasteiger charge is -2.31. The van der Waals surface area contributed by atoms with Gasteiger partial charge < -0.3 is 10.0 Å². The fourth-order valence-corrected chi connectivity index (χ4v) is 2.68. The monoisotopic (exact) mass is 261 g/mol. The third-order valence-electron chi connectivity index (χ3n) is 3.83. The summed E-state index contributed by atoms with van der Waals surface area (Å²) in [5, 5.41) is 9.14. The van der Waals surface area contributed by atoms with Crippen LogP contribution in [0.1, 0.15) is 52.8 Å². The topological polar surface area (TPSA) is 57.6 Å². The molecule has 0 radical (unpaired) electrons. The molecular formula is C15H19NO3. The second-order valence-corrected chi connectivity index (χ2v) is 5.06. The van der Waals surface area contributed by atoms with Gasteiger partial charge in [-0.1, -0.05) is 31.4 Å². The summed E-state index contributed by atoms with van der Waals surface area (Å²) in [7, 11) is 1.77. The fourth-order valence-electron chi connectivity index (χ4n) is 2.68. The Morgan fingerprint density at radius 1 is 1.11 bits per heavy atom. The number of carbonyl (C=O) groups excluding carboxylic acids is 1. The highest BCUT2D eigenvalue weighted by atomic mass is 16.4. The van der Waals surface area contributed by atoms with E-state index in [-0.39, 0.29) is 23.1 Å². The van der Waals surface area contributed by atoms with Gasteiger partial charge in [-0.15, -0.1) is 0 Å². The maximum atomic E-state index is 12.4. The first-order chi connectivity index (χ1) is 9.11. The lowest BCUT2D eigenvalue weighted by atomic mass is 9.94. The molecule has 0 spiro atoms. The first-order valence-corrected chi connectivity index (χ1v) is 6.70. The van der Waals surface area contributed by atoms with Gasteiger partial charge in [0.1, 0.15) is 0 Å². The van der Waals surface area contributed by atoms with E-state index in [1.165, 1.54) is 12.5 Å². The van der Waals surface area contributed by atoms with Crippen LogP contribution in [0.5, 0.6) is 0 Å². The molecule has 1 amide bonds. The quantitative estimate of drug-likeness (QED) is 0.910. The lowest BCUT2D eigenvalue weighted by Crippen LogP contribution is -2.38. The Labute approximate surface area is 113 Å². The molecule has 19 heavy (non-hydrogen) atoms. The van der Waals surface area contributed by atoms with Gasteiger partial charge in [0.05, 0.1) is 11.1 Å². The minimum absolute atomic E-state index is 0.0789. The second-order valence-electron chi connectivity index (χ2n) is 5.06. The molecule has 0 unspecified atom stereocenters. The van der Waals surface area contributed by atoms with E-state index >= 15 is 0 Å². The number of aromatic carboxylic acids is 1. The summed E-state index contributed by atoms with van der Waals surface area (Å²) in [5.74, 6) is -1.24. The number of amides is 1. The van der Waals surface area contributed by atoms with Crippen molar-refractivity contribution < 1.29 is 14.7 Å². The summed E-state index contributed by atoms with van der Waals surface area (Å²) in [4.78, 5) is 25.3. The maximum absolute atomic E-state index is 12.4. The molecule has 4 nitrogen and oxygen atoms in total. The van der Waals surface area contributed by atoms with Crippen molar-refractivity contribution in [2.45, 2.75) is 38.1 Å². The van der Waals surface area contributed by atoms with E-state index in [0.717, 1.165) is 25.7 Å². The second kappa shape index (κ2) is 5.87. The Kier molecular flexibility index (Phi) is 4.20. The van der Waals surface area contributed by atoms with E-state index in [9.17, 15) is 9.59 Å². The molecule has 0 heterocycles. The van der Waals surface area contributed by atoms with Gasteiger partial charge in [-0.2, -0.15) is 0 Å². The van der Waals surface area contributed by atoms with Crippen molar-refractivity contribution in [1.29, 1.82) is 0 Å². The summed E-state index contributed by atoms with van der Waals surface area (Å²) in [5.41, 5.74) is 0.359. The number of hydrogen-bond acceptors (Lipinski definition) is 2. The highest BCUT2D eigenvalue weighted by Crippen LogP contribution is 2.23. The van der Waals surface area contributed by atoms with Crippen molar-refractivity contribution in [1.82, 2.24) is 4.90 Å². The van der Waals surface area contributed by atoms with Crippen LogP contribution in [0.15, 0.2) is 24.3 Å². The Balaban J connectivity index is 2.21. The minimum Gasteiger partial charge on any atom is -0.478 e. The van der Waals surface area contributed by atoms with Gasteiger partial charge in [0.2, 0.25) is 0 Å². The smallest absolute Gasteiger partial charge is 0.336 e. The molecule has 1 aromatic carbocycles.